The minimum Gasteiger partial charge on any atom is -0.508 e. The van der Waals surface area contributed by atoms with Crippen LogP contribution in [0, 0.1) is 19.3 Å². The van der Waals surface area contributed by atoms with Crippen LogP contribution in [0.5, 0.6) is 0 Å². The Morgan fingerprint density at radius 1 is 1.20 bits per heavy atom. The number of nitrogens with zero attached hydrogens (tertiary/aromatic N) is 1. The van der Waals surface area contributed by atoms with E-state index in [2.05, 4.69) is 0 Å². The summed E-state index contributed by atoms with van der Waals surface area (Å²) in [7, 11) is 0. The molecule has 0 aromatic carbocycles. The van der Waals surface area contributed by atoms with Crippen molar-refractivity contribution in [2.75, 3.05) is 6.61 Å². The molecule has 0 bridgehead atoms. The largest absolute Gasteiger partial charge is 0.508 e. The first-order valence-corrected chi connectivity index (χ1v) is 8.50. The van der Waals surface area contributed by atoms with Crippen LogP contribution < -0.4 is 0 Å². The lowest BCUT2D eigenvalue weighted by Crippen LogP contribution is -2.15. The molecule has 25 heavy (non-hydrogen) atoms. The van der Waals surface area contributed by atoms with Gasteiger partial charge in [-0.25, -0.2) is 4.79 Å². The van der Waals surface area contributed by atoms with E-state index in [-0.39, 0.29) is 11.3 Å². The van der Waals surface area contributed by atoms with Gasteiger partial charge in [-0.05, 0) is 51.3 Å². The summed E-state index contributed by atoms with van der Waals surface area (Å²) in [4.78, 5) is 23.9. The summed E-state index contributed by atoms with van der Waals surface area (Å²) in [5, 5.41) is 20.0. The molecule has 0 aliphatic carbocycles. The predicted molar refractivity (Wildman–Crippen MR) is 97.1 cm³/mol. The summed E-state index contributed by atoms with van der Waals surface area (Å²) in [5.41, 5.74) is 2.17. The number of aryl methyl sites for hydroxylation is 2. The predicted octanol–water partition coefficient (Wildman–Crippen LogP) is 3.75. The van der Waals surface area contributed by atoms with Crippen LogP contribution in [0.25, 0.3) is 5.00 Å². The Balaban J connectivity index is 2.24. The quantitative estimate of drug-likeness (QED) is 0.355. The normalized spacial score (nSPS) is 11.8. The average Bonchev–Trinajstić information content (AvgIpc) is 3.10. The van der Waals surface area contributed by atoms with Crippen LogP contribution in [0.15, 0.2) is 34.9 Å². The molecule has 132 valence electrons. The zero-order valence-corrected chi connectivity index (χ0v) is 15.4. The van der Waals surface area contributed by atoms with E-state index in [0.29, 0.717) is 5.56 Å². The lowest BCUT2D eigenvalue weighted by molar-refractivity contribution is -0.113. The van der Waals surface area contributed by atoms with Gasteiger partial charge in [0.2, 0.25) is 0 Å². The lowest BCUT2D eigenvalue weighted by atomic mass is 10.1. The maximum absolute atomic E-state index is 12.4. The number of aliphatic hydroxyl groups excluding tert-OH is 1. The molecule has 6 nitrogen and oxygen atoms in total. The van der Waals surface area contributed by atoms with Crippen molar-refractivity contribution in [1.29, 1.82) is 5.41 Å². The van der Waals surface area contributed by atoms with Gasteiger partial charge in [-0.1, -0.05) is 0 Å². The third-order valence-electron chi connectivity index (χ3n) is 3.69. The first-order chi connectivity index (χ1) is 11.7. The molecule has 2 N–H and O–H groups in total. The number of allylic oxidation sites excluding steroid dienone is 1. The van der Waals surface area contributed by atoms with Gasteiger partial charge in [0, 0.05) is 17.1 Å². The van der Waals surface area contributed by atoms with Gasteiger partial charge in [-0.2, -0.15) is 0 Å². The number of aliphatic hydroxyl groups is 1. The van der Waals surface area contributed by atoms with E-state index >= 15 is 0 Å². The van der Waals surface area contributed by atoms with Crippen LogP contribution in [0.4, 0.5) is 0 Å². The second-order valence-corrected chi connectivity index (χ2v) is 6.56. The third kappa shape index (κ3) is 3.88. The molecule has 0 radical (unpaired) electrons. The molecule has 0 spiro atoms. The highest BCUT2D eigenvalue weighted by Gasteiger charge is 2.20. The Morgan fingerprint density at radius 2 is 1.80 bits per heavy atom. The number of carbonyl (C=O) groups is 2. The van der Waals surface area contributed by atoms with Crippen LogP contribution in [-0.4, -0.2) is 33.7 Å². The Hall–Kier alpha value is -2.67. The summed E-state index contributed by atoms with van der Waals surface area (Å²) >= 11 is 1.41. The van der Waals surface area contributed by atoms with E-state index in [4.69, 9.17) is 10.1 Å². The Kier molecular flexibility index (Phi) is 5.58. The number of esters is 1. The number of aromatic nitrogens is 1. The fraction of sp³-hybridized carbons (Fsp3) is 0.278. The number of ketones is 1. The Bertz CT molecular complexity index is 838. The van der Waals surface area contributed by atoms with Gasteiger partial charge in [-0.15, -0.1) is 11.3 Å². The van der Waals surface area contributed by atoms with Crippen molar-refractivity contribution in [1.82, 2.24) is 4.57 Å². The van der Waals surface area contributed by atoms with Crippen molar-refractivity contribution in [2.45, 2.75) is 27.7 Å². The number of rotatable bonds is 6. The fourth-order valence-electron chi connectivity index (χ4n) is 2.59. The fourth-order valence-corrected chi connectivity index (χ4v) is 3.59. The van der Waals surface area contributed by atoms with Crippen molar-refractivity contribution >= 4 is 28.8 Å². The molecule has 0 amide bonds. The zero-order chi connectivity index (χ0) is 18.7. The number of carbonyl (C=O) groups excluding carboxylic acids is 2. The summed E-state index contributed by atoms with van der Waals surface area (Å²) < 4.78 is 7.10. The van der Waals surface area contributed by atoms with E-state index in [1.807, 2.05) is 30.5 Å². The van der Waals surface area contributed by atoms with Gasteiger partial charge in [0.1, 0.15) is 17.4 Å². The van der Waals surface area contributed by atoms with Crippen LogP contribution in [0.2, 0.25) is 0 Å². The van der Waals surface area contributed by atoms with Gasteiger partial charge in [0.05, 0.1) is 11.1 Å². The summed E-state index contributed by atoms with van der Waals surface area (Å²) in [6, 6.07) is 5.59. The van der Waals surface area contributed by atoms with E-state index in [1.54, 1.807) is 11.4 Å². The maximum Gasteiger partial charge on any atom is 0.341 e. The van der Waals surface area contributed by atoms with Gasteiger partial charge < -0.3 is 19.8 Å². The standard InChI is InChI=1S/C18H20N2O4S/c1-10-5-6-11(2)20(10)17-14(7-8-25-17)18(23)24-9-15(22)16(12(3)19)13(4)21/h5-8,19,22H,9H2,1-4H3/b16-15-,19-12?. The van der Waals surface area contributed by atoms with Gasteiger partial charge >= 0.3 is 5.97 Å². The second kappa shape index (κ2) is 7.48. The summed E-state index contributed by atoms with van der Waals surface area (Å²) in [6.07, 6.45) is 0. The molecule has 0 atom stereocenters. The van der Waals surface area contributed by atoms with Gasteiger partial charge in [-0.3, -0.25) is 4.79 Å². The van der Waals surface area contributed by atoms with Crippen LogP contribution in [0.1, 0.15) is 35.6 Å². The zero-order valence-electron chi connectivity index (χ0n) is 14.5. The van der Waals surface area contributed by atoms with Crippen LogP contribution >= 0.6 is 11.3 Å². The van der Waals surface area contributed by atoms with E-state index in [9.17, 15) is 14.7 Å². The molecular weight excluding hydrogens is 340 g/mol. The maximum atomic E-state index is 12.4. The molecule has 0 fully saturated rings. The van der Waals surface area contributed by atoms with Crippen molar-refractivity contribution in [3.05, 3.63) is 51.9 Å². The molecule has 2 aromatic heterocycles. The molecule has 7 heteroatoms. The Labute approximate surface area is 149 Å². The molecule has 2 heterocycles. The molecule has 0 aliphatic heterocycles. The number of thiophene rings is 1. The highest BCUT2D eigenvalue weighted by Crippen LogP contribution is 2.26. The number of hydrogen-bond acceptors (Lipinski definition) is 6. The molecule has 0 saturated carbocycles. The van der Waals surface area contributed by atoms with E-state index in [1.165, 1.54) is 25.2 Å². The number of nitrogens with one attached hydrogen (secondary N) is 1. The van der Waals surface area contributed by atoms with Gasteiger partial charge in [0.15, 0.2) is 5.78 Å². The molecular formula is C18H20N2O4S. The summed E-state index contributed by atoms with van der Waals surface area (Å²) in [6.45, 7) is 6.08. The molecule has 0 unspecified atom stereocenters. The van der Waals surface area contributed by atoms with Crippen LogP contribution in [0.3, 0.4) is 0 Å². The second-order valence-electron chi connectivity index (χ2n) is 5.67. The van der Waals surface area contributed by atoms with Crippen molar-refractivity contribution in [2.24, 2.45) is 0 Å². The minimum absolute atomic E-state index is 0.0733. The number of Topliss-reactive ketones (excluding diaryl/α,β-unsaturated/α-hetero) is 1. The number of ether oxygens (including phenoxy) is 1. The van der Waals surface area contributed by atoms with Crippen molar-refractivity contribution in [3.63, 3.8) is 0 Å². The molecule has 2 aromatic rings. The smallest absolute Gasteiger partial charge is 0.341 e. The topological polar surface area (TPSA) is 92.4 Å². The molecule has 0 saturated heterocycles. The van der Waals surface area contributed by atoms with Crippen molar-refractivity contribution in [3.8, 4) is 5.00 Å². The average molecular weight is 360 g/mol. The van der Waals surface area contributed by atoms with E-state index in [0.717, 1.165) is 16.4 Å². The number of hydrogen-bond donors (Lipinski definition) is 2. The lowest BCUT2D eigenvalue weighted by Gasteiger charge is -2.11. The highest BCUT2D eigenvalue weighted by molar-refractivity contribution is 7.13. The van der Waals surface area contributed by atoms with Crippen LogP contribution in [-0.2, 0) is 9.53 Å². The molecule has 0 aliphatic rings. The summed E-state index contributed by atoms with van der Waals surface area (Å²) in [5.74, 6) is -1.46. The van der Waals surface area contributed by atoms with E-state index < -0.39 is 24.1 Å². The SMILES string of the molecule is CC(=N)/C(C(C)=O)=C(/O)COC(=O)c1ccsc1-n1c(C)ccc1C. The molecule has 2 rings (SSSR count). The van der Waals surface area contributed by atoms with Gasteiger partial charge in [0.25, 0.3) is 0 Å². The first kappa shape index (κ1) is 18.7. The first-order valence-electron chi connectivity index (χ1n) is 7.62. The minimum atomic E-state index is -0.596. The van der Waals surface area contributed by atoms with Crippen molar-refractivity contribution < 1.29 is 19.4 Å². The third-order valence-corrected chi connectivity index (χ3v) is 4.59. The highest BCUT2D eigenvalue weighted by atomic mass is 32.1. The Morgan fingerprint density at radius 3 is 2.32 bits per heavy atom. The monoisotopic (exact) mass is 360 g/mol.